The molecular formula is C11H8ClN3O4. The molecule has 2 aromatic rings. The van der Waals surface area contributed by atoms with Crippen LogP contribution in [0.3, 0.4) is 0 Å². The Hall–Kier alpha value is -2.41. The van der Waals surface area contributed by atoms with Crippen LogP contribution in [0.4, 0.5) is 5.69 Å². The van der Waals surface area contributed by atoms with Gasteiger partial charge >= 0.3 is 0 Å². The van der Waals surface area contributed by atoms with Crippen LogP contribution in [0.15, 0.2) is 30.5 Å². The molecule has 0 spiro atoms. The van der Waals surface area contributed by atoms with Crippen LogP contribution >= 0.6 is 11.6 Å². The second-order valence-corrected chi connectivity index (χ2v) is 4.00. The van der Waals surface area contributed by atoms with Crippen LogP contribution < -0.4 is 4.74 Å². The summed E-state index contributed by atoms with van der Waals surface area (Å²) in [6.07, 6.45) is 1.45. The van der Waals surface area contributed by atoms with Gasteiger partial charge in [-0.15, -0.1) is 5.10 Å². The summed E-state index contributed by atoms with van der Waals surface area (Å²) in [5.74, 6) is 0.237. The van der Waals surface area contributed by atoms with Crippen LogP contribution in [-0.2, 0) is 0 Å². The molecule has 0 aliphatic rings. The molecule has 1 heterocycles. The summed E-state index contributed by atoms with van der Waals surface area (Å²) in [5.41, 5.74) is -0.205. The molecule has 0 aliphatic carbocycles. The van der Waals surface area contributed by atoms with Crippen molar-refractivity contribution in [3.8, 4) is 11.6 Å². The van der Waals surface area contributed by atoms with Crippen molar-refractivity contribution in [1.82, 2.24) is 9.78 Å². The highest BCUT2D eigenvalue weighted by molar-refractivity contribution is 6.32. The van der Waals surface area contributed by atoms with Crippen LogP contribution in [0.1, 0.15) is 11.7 Å². The average Bonchev–Trinajstić information content (AvgIpc) is 2.77. The lowest BCUT2D eigenvalue weighted by Crippen LogP contribution is -2.05. The number of carbonyl (C=O) groups is 1. The first-order chi connectivity index (χ1) is 8.97. The Morgan fingerprint density at radius 2 is 2.21 bits per heavy atom. The predicted molar refractivity (Wildman–Crippen MR) is 66.7 cm³/mol. The highest BCUT2D eigenvalue weighted by atomic mass is 35.5. The van der Waals surface area contributed by atoms with Gasteiger partial charge in [0.2, 0.25) is 11.8 Å². The lowest BCUT2D eigenvalue weighted by molar-refractivity contribution is -0.384. The molecule has 0 amide bonds. The molecule has 0 N–H and O–H groups in total. The molecular weight excluding hydrogens is 274 g/mol. The number of hydrogen-bond acceptors (Lipinski definition) is 5. The van der Waals surface area contributed by atoms with Gasteiger partial charge < -0.3 is 4.74 Å². The van der Waals surface area contributed by atoms with Crippen molar-refractivity contribution in [1.29, 1.82) is 0 Å². The summed E-state index contributed by atoms with van der Waals surface area (Å²) in [7, 11) is 0. The van der Waals surface area contributed by atoms with Gasteiger partial charge in [0.05, 0.1) is 4.92 Å². The third-order valence-electron chi connectivity index (χ3n) is 2.23. The second-order valence-electron chi connectivity index (χ2n) is 3.59. The summed E-state index contributed by atoms with van der Waals surface area (Å²) in [4.78, 5) is 21.0. The lowest BCUT2D eigenvalue weighted by Gasteiger charge is -2.02. The summed E-state index contributed by atoms with van der Waals surface area (Å²) >= 11 is 5.74. The minimum absolute atomic E-state index is 0.0338. The van der Waals surface area contributed by atoms with Gasteiger partial charge in [-0.1, -0.05) is 11.6 Å². The van der Waals surface area contributed by atoms with E-state index in [2.05, 4.69) is 5.10 Å². The Morgan fingerprint density at radius 1 is 1.47 bits per heavy atom. The SMILES string of the molecule is CC(=O)n1ccc(Oc2ccc([N+](=O)[O-])c(Cl)c2)n1. The molecule has 98 valence electrons. The average molecular weight is 282 g/mol. The number of ether oxygens (including phenoxy) is 1. The molecule has 0 aliphatic heterocycles. The Morgan fingerprint density at radius 3 is 2.74 bits per heavy atom. The molecule has 2 rings (SSSR count). The maximum absolute atomic E-state index is 11.0. The number of nitro groups is 1. The van der Waals surface area contributed by atoms with E-state index in [-0.39, 0.29) is 22.5 Å². The van der Waals surface area contributed by atoms with Gasteiger partial charge in [0.25, 0.3) is 5.69 Å². The molecule has 1 aromatic carbocycles. The number of aromatic nitrogens is 2. The van der Waals surface area contributed by atoms with E-state index in [1.54, 1.807) is 0 Å². The van der Waals surface area contributed by atoms with Crippen LogP contribution in [0.2, 0.25) is 5.02 Å². The summed E-state index contributed by atoms with van der Waals surface area (Å²) in [5, 5.41) is 14.4. The maximum atomic E-state index is 11.0. The molecule has 0 unspecified atom stereocenters. The topological polar surface area (TPSA) is 87.3 Å². The molecule has 0 fully saturated rings. The molecule has 0 saturated carbocycles. The normalized spacial score (nSPS) is 10.2. The molecule has 0 radical (unpaired) electrons. The Labute approximate surface area is 112 Å². The molecule has 19 heavy (non-hydrogen) atoms. The maximum Gasteiger partial charge on any atom is 0.288 e. The van der Waals surface area contributed by atoms with Gasteiger partial charge in [-0.05, 0) is 6.07 Å². The van der Waals surface area contributed by atoms with Crippen molar-refractivity contribution in [3.05, 3.63) is 45.6 Å². The number of rotatable bonds is 3. The smallest absolute Gasteiger partial charge is 0.288 e. The standard InChI is InChI=1S/C11H8ClN3O4/c1-7(16)14-5-4-11(13-14)19-8-2-3-10(15(17)18)9(12)6-8/h2-6H,1H3. The van der Waals surface area contributed by atoms with Crippen molar-refractivity contribution in [3.63, 3.8) is 0 Å². The van der Waals surface area contributed by atoms with E-state index < -0.39 is 4.92 Å². The van der Waals surface area contributed by atoms with E-state index in [0.717, 1.165) is 4.68 Å². The van der Waals surface area contributed by atoms with E-state index in [9.17, 15) is 14.9 Å². The lowest BCUT2D eigenvalue weighted by atomic mass is 10.3. The van der Waals surface area contributed by atoms with Crippen LogP contribution in [0, 0.1) is 10.1 Å². The quantitative estimate of drug-likeness (QED) is 0.637. The predicted octanol–water partition coefficient (Wildman–Crippen LogP) is 2.90. The van der Waals surface area contributed by atoms with E-state index in [1.165, 1.54) is 37.4 Å². The fourth-order valence-electron chi connectivity index (χ4n) is 1.36. The number of benzene rings is 1. The fraction of sp³-hybridized carbons (Fsp3) is 0.0909. The fourth-order valence-corrected chi connectivity index (χ4v) is 1.60. The molecule has 7 nitrogen and oxygen atoms in total. The Bertz CT molecular complexity index is 653. The van der Waals surface area contributed by atoms with Crippen LogP contribution in [-0.4, -0.2) is 20.6 Å². The zero-order valence-corrected chi connectivity index (χ0v) is 10.5. The zero-order valence-electron chi connectivity index (χ0n) is 9.74. The van der Waals surface area contributed by atoms with Gasteiger partial charge in [0, 0.05) is 31.3 Å². The molecule has 0 saturated heterocycles. The number of carbonyl (C=O) groups excluding carboxylic acids is 1. The van der Waals surface area contributed by atoms with Gasteiger partial charge in [-0.2, -0.15) is 0 Å². The van der Waals surface area contributed by atoms with Crippen LogP contribution in [0.25, 0.3) is 0 Å². The van der Waals surface area contributed by atoms with E-state index in [0.29, 0.717) is 5.75 Å². The van der Waals surface area contributed by atoms with Crippen molar-refractivity contribution in [2.75, 3.05) is 0 Å². The van der Waals surface area contributed by atoms with Crippen molar-refractivity contribution < 1.29 is 14.5 Å². The monoisotopic (exact) mass is 281 g/mol. The van der Waals surface area contributed by atoms with Gasteiger partial charge in [0.15, 0.2) is 0 Å². The molecule has 0 bridgehead atoms. The summed E-state index contributed by atoms with van der Waals surface area (Å²) in [6.45, 7) is 1.36. The minimum Gasteiger partial charge on any atom is -0.437 e. The van der Waals surface area contributed by atoms with Crippen molar-refractivity contribution in [2.24, 2.45) is 0 Å². The van der Waals surface area contributed by atoms with Gasteiger partial charge in [0.1, 0.15) is 10.8 Å². The highest BCUT2D eigenvalue weighted by Crippen LogP contribution is 2.30. The Balaban J connectivity index is 2.21. The highest BCUT2D eigenvalue weighted by Gasteiger charge is 2.13. The number of halogens is 1. The number of hydrogen-bond donors (Lipinski definition) is 0. The Kier molecular flexibility index (Phi) is 3.48. The second kappa shape index (κ2) is 5.07. The molecule has 8 heteroatoms. The van der Waals surface area contributed by atoms with E-state index in [4.69, 9.17) is 16.3 Å². The largest absolute Gasteiger partial charge is 0.437 e. The zero-order chi connectivity index (χ0) is 14.0. The number of nitrogens with zero attached hydrogens (tertiary/aromatic N) is 3. The minimum atomic E-state index is -0.587. The third kappa shape index (κ3) is 2.89. The van der Waals surface area contributed by atoms with Gasteiger partial charge in [-0.25, -0.2) is 4.68 Å². The molecule has 0 atom stereocenters. The first-order valence-corrected chi connectivity index (χ1v) is 5.53. The first kappa shape index (κ1) is 13.0. The first-order valence-electron chi connectivity index (χ1n) is 5.16. The summed E-state index contributed by atoms with van der Waals surface area (Å²) < 4.78 is 6.45. The van der Waals surface area contributed by atoms with Crippen LogP contribution in [0.5, 0.6) is 11.6 Å². The number of nitro benzene ring substituents is 1. The van der Waals surface area contributed by atoms with E-state index in [1.807, 2.05) is 0 Å². The van der Waals surface area contributed by atoms with Crippen molar-refractivity contribution >= 4 is 23.2 Å². The third-order valence-corrected chi connectivity index (χ3v) is 2.53. The summed E-state index contributed by atoms with van der Waals surface area (Å²) in [6, 6.07) is 5.44. The van der Waals surface area contributed by atoms with E-state index >= 15 is 0 Å². The van der Waals surface area contributed by atoms with Gasteiger partial charge in [-0.3, -0.25) is 14.9 Å². The van der Waals surface area contributed by atoms with Crippen molar-refractivity contribution in [2.45, 2.75) is 6.92 Å². The molecule has 1 aromatic heterocycles.